The summed E-state index contributed by atoms with van der Waals surface area (Å²) in [6, 6.07) is 2.31. The second kappa shape index (κ2) is 4.86. The second-order valence-corrected chi connectivity index (χ2v) is 6.01. The van der Waals surface area contributed by atoms with E-state index >= 15 is 0 Å². The van der Waals surface area contributed by atoms with E-state index in [1.54, 1.807) is 25.4 Å². The number of pyridine rings is 2. The van der Waals surface area contributed by atoms with Gasteiger partial charge in [0.1, 0.15) is 11.0 Å². The Bertz CT molecular complexity index is 653. The van der Waals surface area contributed by atoms with Crippen LogP contribution < -0.4 is 5.32 Å². The Morgan fingerprint density at radius 1 is 1.35 bits per heavy atom. The Labute approximate surface area is 123 Å². The molecule has 1 unspecified atom stereocenters. The first-order valence-corrected chi connectivity index (χ1v) is 7.32. The topological polar surface area (TPSA) is 58.0 Å². The molecule has 0 saturated heterocycles. The molecule has 2 aromatic rings. The van der Waals surface area contributed by atoms with Crippen molar-refractivity contribution in [3.05, 3.63) is 29.2 Å². The lowest BCUT2D eigenvalue weighted by Gasteiger charge is -2.24. The molecule has 1 aliphatic rings. The summed E-state index contributed by atoms with van der Waals surface area (Å²) in [5, 5.41) is 16.2. The minimum atomic E-state index is -0.923. The number of nitrogens with zero attached hydrogens (tertiary/aromatic N) is 2. The largest absolute Gasteiger partial charge is 0.385 e. The molecule has 0 radical (unpaired) electrons. The van der Waals surface area contributed by atoms with E-state index in [2.05, 4.69) is 15.3 Å². The fraction of sp³-hybridized carbons (Fsp3) is 0.467. The van der Waals surface area contributed by atoms with Gasteiger partial charge in [-0.15, -0.1) is 0 Å². The van der Waals surface area contributed by atoms with E-state index in [1.807, 2.05) is 6.92 Å². The summed E-state index contributed by atoms with van der Waals surface area (Å²) < 4.78 is 0. The molecule has 1 fully saturated rings. The number of anilines is 1. The van der Waals surface area contributed by atoms with Crippen LogP contribution in [0.2, 0.25) is 5.15 Å². The van der Waals surface area contributed by atoms with Gasteiger partial charge in [-0.25, -0.2) is 9.97 Å². The summed E-state index contributed by atoms with van der Waals surface area (Å²) >= 11 is 6.02. The van der Waals surface area contributed by atoms with Crippen molar-refractivity contribution >= 4 is 28.2 Å². The smallest absolute Gasteiger partial charge is 0.135 e. The molecule has 0 amide bonds. The molecule has 2 aromatic heterocycles. The molecule has 3 rings (SSSR count). The van der Waals surface area contributed by atoms with E-state index in [9.17, 15) is 5.11 Å². The molecule has 0 aliphatic heterocycles. The maximum atomic E-state index is 10.5. The number of aliphatic hydroxyl groups is 1. The Hall–Kier alpha value is -1.39. The van der Waals surface area contributed by atoms with E-state index in [0.29, 0.717) is 17.6 Å². The number of halogens is 1. The van der Waals surface area contributed by atoms with Gasteiger partial charge >= 0.3 is 0 Å². The maximum Gasteiger partial charge on any atom is 0.135 e. The Kier molecular flexibility index (Phi) is 3.30. The Balaban J connectivity index is 2.19. The highest BCUT2D eigenvalue weighted by atomic mass is 35.5. The minimum absolute atomic E-state index is 0.425. The highest BCUT2D eigenvalue weighted by molar-refractivity contribution is 6.30. The molecular formula is C15H18ClN3O. The lowest BCUT2D eigenvalue weighted by atomic mass is 9.91. The zero-order chi connectivity index (χ0) is 14.3. The zero-order valence-electron chi connectivity index (χ0n) is 11.7. The van der Waals surface area contributed by atoms with E-state index in [0.717, 1.165) is 22.2 Å². The highest BCUT2D eigenvalue weighted by Crippen LogP contribution is 2.35. The van der Waals surface area contributed by atoms with Gasteiger partial charge in [-0.1, -0.05) is 18.5 Å². The van der Waals surface area contributed by atoms with Crippen LogP contribution in [-0.4, -0.2) is 21.1 Å². The molecule has 2 heterocycles. The van der Waals surface area contributed by atoms with Crippen LogP contribution in [0.4, 0.5) is 5.82 Å². The van der Waals surface area contributed by atoms with Gasteiger partial charge in [0.2, 0.25) is 0 Å². The quantitative estimate of drug-likeness (QED) is 0.847. The van der Waals surface area contributed by atoms with Gasteiger partial charge in [0.25, 0.3) is 0 Å². The summed E-state index contributed by atoms with van der Waals surface area (Å²) in [7, 11) is 0. The van der Waals surface area contributed by atoms with Crippen molar-refractivity contribution in [3.8, 4) is 0 Å². The van der Waals surface area contributed by atoms with E-state index in [-0.39, 0.29) is 0 Å². The number of hydrogen-bond acceptors (Lipinski definition) is 4. The normalized spacial score (nSPS) is 18.0. The fourth-order valence-corrected chi connectivity index (χ4v) is 2.42. The average molecular weight is 292 g/mol. The molecule has 1 saturated carbocycles. The summed E-state index contributed by atoms with van der Waals surface area (Å²) in [6.07, 6.45) is 6.44. The summed E-state index contributed by atoms with van der Waals surface area (Å²) in [6.45, 7) is 3.75. The van der Waals surface area contributed by atoms with E-state index in [4.69, 9.17) is 11.6 Å². The lowest BCUT2D eigenvalue weighted by molar-refractivity contribution is 0.0543. The van der Waals surface area contributed by atoms with Crippen molar-refractivity contribution in [3.63, 3.8) is 0 Å². The van der Waals surface area contributed by atoms with Gasteiger partial charge in [-0.2, -0.15) is 0 Å². The number of fused-ring (bicyclic) bond motifs is 1. The van der Waals surface area contributed by atoms with Crippen LogP contribution in [-0.2, 0) is 5.60 Å². The zero-order valence-corrected chi connectivity index (χ0v) is 12.4. The van der Waals surface area contributed by atoms with Crippen LogP contribution >= 0.6 is 11.6 Å². The molecule has 1 atom stereocenters. The predicted octanol–water partition coefficient (Wildman–Crippen LogP) is 3.48. The number of nitrogens with one attached hydrogen (secondary N) is 1. The first-order valence-electron chi connectivity index (χ1n) is 6.95. The van der Waals surface area contributed by atoms with E-state index < -0.39 is 5.60 Å². The standard InChI is InChI=1S/C15H18ClN3O/c1-3-15(2,20)12-8-18-14(19-9-4-5-9)11-7-17-13(16)6-10(11)12/h6-9,20H,3-5H2,1-2H3,(H,18,19). The third-order valence-corrected chi connectivity index (χ3v) is 4.13. The van der Waals surface area contributed by atoms with Crippen LogP contribution in [0.3, 0.4) is 0 Å². The third kappa shape index (κ3) is 2.45. The molecule has 5 heteroatoms. The van der Waals surface area contributed by atoms with Crippen LogP contribution in [0.1, 0.15) is 38.7 Å². The molecule has 2 N–H and O–H groups in total. The van der Waals surface area contributed by atoms with Gasteiger partial charge in [-0.05, 0) is 37.6 Å². The monoisotopic (exact) mass is 291 g/mol. The molecule has 0 aromatic carbocycles. The molecule has 1 aliphatic carbocycles. The second-order valence-electron chi connectivity index (χ2n) is 5.62. The van der Waals surface area contributed by atoms with Crippen LogP contribution in [0.5, 0.6) is 0 Å². The fourth-order valence-electron chi connectivity index (χ4n) is 2.27. The number of hydrogen-bond donors (Lipinski definition) is 2. The number of rotatable bonds is 4. The van der Waals surface area contributed by atoms with Crippen molar-refractivity contribution < 1.29 is 5.11 Å². The number of aromatic nitrogens is 2. The van der Waals surface area contributed by atoms with Gasteiger partial charge < -0.3 is 10.4 Å². The molecule has 4 nitrogen and oxygen atoms in total. The summed E-state index contributed by atoms with van der Waals surface area (Å²) in [4.78, 5) is 8.63. The van der Waals surface area contributed by atoms with Crippen LogP contribution in [0.25, 0.3) is 10.8 Å². The first-order chi connectivity index (χ1) is 9.51. The first kappa shape index (κ1) is 13.6. The minimum Gasteiger partial charge on any atom is -0.385 e. The summed E-state index contributed by atoms with van der Waals surface area (Å²) in [5.41, 5.74) is -0.130. The average Bonchev–Trinajstić information content (AvgIpc) is 3.22. The predicted molar refractivity (Wildman–Crippen MR) is 81.1 cm³/mol. The van der Waals surface area contributed by atoms with Crippen molar-refractivity contribution in [2.45, 2.75) is 44.8 Å². The van der Waals surface area contributed by atoms with Crippen molar-refractivity contribution in [1.29, 1.82) is 0 Å². The van der Waals surface area contributed by atoms with Crippen LogP contribution in [0.15, 0.2) is 18.5 Å². The SMILES string of the molecule is CCC(C)(O)c1cnc(NC2CC2)c2cnc(Cl)cc12. The molecule has 20 heavy (non-hydrogen) atoms. The third-order valence-electron chi connectivity index (χ3n) is 3.93. The molecular weight excluding hydrogens is 274 g/mol. The highest BCUT2D eigenvalue weighted by Gasteiger charge is 2.27. The van der Waals surface area contributed by atoms with Gasteiger partial charge in [0.15, 0.2) is 0 Å². The van der Waals surface area contributed by atoms with Crippen molar-refractivity contribution in [2.75, 3.05) is 5.32 Å². The van der Waals surface area contributed by atoms with Crippen LogP contribution in [0, 0.1) is 0 Å². The van der Waals surface area contributed by atoms with Gasteiger partial charge in [0.05, 0.1) is 5.60 Å². The van der Waals surface area contributed by atoms with E-state index in [1.165, 1.54) is 12.8 Å². The van der Waals surface area contributed by atoms with Gasteiger partial charge in [-0.3, -0.25) is 0 Å². The van der Waals surface area contributed by atoms with Gasteiger partial charge in [0, 0.05) is 29.4 Å². The summed E-state index contributed by atoms with van der Waals surface area (Å²) in [5.74, 6) is 0.822. The lowest BCUT2D eigenvalue weighted by Crippen LogP contribution is -2.21. The van der Waals surface area contributed by atoms with Crippen molar-refractivity contribution in [2.24, 2.45) is 0 Å². The Morgan fingerprint density at radius 3 is 2.75 bits per heavy atom. The Morgan fingerprint density at radius 2 is 2.10 bits per heavy atom. The molecule has 0 bridgehead atoms. The van der Waals surface area contributed by atoms with Crippen molar-refractivity contribution in [1.82, 2.24) is 9.97 Å². The molecule has 0 spiro atoms. The maximum absolute atomic E-state index is 10.5. The molecule has 106 valence electrons.